The number of hydrogen-bond donors (Lipinski definition) is 2. The van der Waals surface area contributed by atoms with Gasteiger partial charge in [0.1, 0.15) is 0 Å². The van der Waals surface area contributed by atoms with Crippen LogP contribution in [0.2, 0.25) is 0 Å². The number of aryl methyl sites for hydroxylation is 1. The highest BCUT2D eigenvalue weighted by Crippen LogP contribution is 2.16. The molecule has 0 atom stereocenters. The molecule has 0 unspecified atom stereocenters. The predicted octanol–water partition coefficient (Wildman–Crippen LogP) is 2.91. The number of amides is 1. The third kappa shape index (κ3) is 6.68. The van der Waals surface area contributed by atoms with Crippen LogP contribution in [0, 0.1) is 0 Å². The fraction of sp³-hybridized carbons (Fsp3) is 0.316. The Morgan fingerprint density at radius 1 is 1.00 bits per heavy atom. The summed E-state index contributed by atoms with van der Waals surface area (Å²) < 4.78 is 26.3. The van der Waals surface area contributed by atoms with Crippen LogP contribution in [0.5, 0.6) is 0 Å². The summed E-state index contributed by atoms with van der Waals surface area (Å²) in [6.45, 7) is 3.92. The van der Waals surface area contributed by atoms with Gasteiger partial charge in [-0.05, 0) is 35.6 Å². The first kappa shape index (κ1) is 19.1. The lowest BCUT2D eigenvalue weighted by Crippen LogP contribution is -2.34. The molecule has 0 heterocycles. The van der Waals surface area contributed by atoms with Crippen molar-refractivity contribution in [3.05, 3.63) is 65.7 Å². The number of benzene rings is 2. The Kier molecular flexibility index (Phi) is 6.73. The largest absolute Gasteiger partial charge is 0.325 e. The lowest BCUT2D eigenvalue weighted by molar-refractivity contribution is -0.115. The molecule has 2 aromatic rings. The molecule has 0 radical (unpaired) electrons. The van der Waals surface area contributed by atoms with E-state index in [2.05, 4.69) is 23.9 Å². The zero-order valence-corrected chi connectivity index (χ0v) is 15.3. The molecule has 0 bridgehead atoms. The molecule has 134 valence electrons. The quantitative estimate of drug-likeness (QED) is 0.760. The summed E-state index contributed by atoms with van der Waals surface area (Å²) in [5, 5.41) is 2.69. The van der Waals surface area contributed by atoms with Gasteiger partial charge >= 0.3 is 0 Å². The number of nitrogens with one attached hydrogen (secondary N) is 2. The Bertz CT molecular complexity index is 785. The van der Waals surface area contributed by atoms with Crippen LogP contribution in [-0.4, -0.2) is 26.6 Å². The minimum atomic E-state index is -3.50. The second-order valence-electron chi connectivity index (χ2n) is 6.20. The first-order valence-electron chi connectivity index (χ1n) is 8.27. The number of hydrogen-bond acceptors (Lipinski definition) is 3. The number of sulfonamides is 1. The van der Waals surface area contributed by atoms with E-state index in [1.165, 1.54) is 5.56 Å². The minimum Gasteiger partial charge on any atom is -0.325 e. The molecule has 0 aliphatic heterocycles. The number of carbonyl (C=O) groups is 1. The van der Waals surface area contributed by atoms with Gasteiger partial charge < -0.3 is 5.32 Å². The molecule has 2 rings (SSSR count). The molecule has 2 aromatic carbocycles. The zero-order chi connectivity index (χ0) is 18.3. The Morgan fingerprint density at radius 2 is 1.64 bits per heavy atom. The maximum absolute atomic E-state index is 12.0. The van der Waals surface area contributed by atoms with Crippen LogP contribution in [0.25, 0.3) is 0 Å². The standard InChI is InChI=1S/C19H24N2O3S/c1-15(2)17-8-10-18(11-9-17)21-19(22)14-20-25(23,24)13-12-16-6-4-3-5-7-16/h3-11,15,20H,12-14H2,1-2H3,(H,21,22). The third-order valence-corrected chi connectivity index (χ3v) is 5.14. The van der Waals surface area contributed by atoms with Crippen molar-refractivity contribution in [1.29, 1.82) is 0 Å². The summed E-state index contributed by atoms with van der Waals surface area (Å²) in [5.74, 6) is -0.0188. The third-order valence-electron chi connectivity index (χ3n) is 3.82. The molecule has 0 spiro atoms. The normalized spacial score (nSPS) is 11.5. The summed E-state index contributed by atoms with van der Waals surface area (Å²) in [7, 11) is -3.50. The van der Waals surface area contributed by atoms with Crippen molar-refractivity contribution in [2.24, 2.45) is 0 Å². The number of carbonyl (C=O) groups excluding carboxylic acids is 1. The molecule has 2 N–H and O–H groups in total. The van der Waals surface area contributed by atoms with Gasteiger partial charge in [0.05, 0.1) is 12.3 Å². The zero-order valence-electron chi connectivity index (χ0n) is 14.5. The molecule has 0 aromatic heterocycles. The van der Waals surface area contributed by atoms with E-state index in [4.69, 9.17) is 0 Å². The number of anilines is 1. The number of rotatable bonds is 8. The van der Waals surface area contributed by atoms with Crippen molar-refractivity contribution in [2.45, 2.75) is 26.2 Å². The van der Waals surface area contributed by atoms with Crippen molar-refractivity contribution in [1.82, 2.24) is 4.72 Å². The molecular weight excluding hydrogens is 336 g/mol. The van der Waals surface area contributed by atoms with Gasteiger partial charge in [0.25, 0.3) is 0 Å². The van der Waals surface area contributed by atoms with E-state index in [0.29, 0.717) is 18.0 Å². The molecule has 1 amide bonds. The fourth-order valence-electron chi connectivity index (χ4n) is 2.30. The monoisotopic (exact) mass is 360 g/mol. The molecule has 0 fully saturated rings. The first-order chi connectivity index (χ1) is 11.9. The Hall–Kier alpha value is -2.18. The highest BCUT2D eigenvalue weighted by atomic mass is 32.2. The maximum Gasteiger partial charge on any atom is 0.239 e. The van der Waals surface area contributed by atoms with Gasteiger partial charge in [-0.3, -0.25) is 4.79 Å². The second-order valence-corrected chi connectivity index (χ2v) is 8.13. The molecule has 6 heteroatoms. The van der Waals surface area contributed by atoms with E-state index < -0.39 is 10.0 Å². The highest BCUT2D eigenvalue weighted by Gasteiger charge is 2.13. The average molecular weight is 360 g/mol. The predicted molar refractivity (Wildman–Crippen MR) is 101 cm³/mol. The van der Waals surface area contributed by atoms with Gasteiger partial charge in [0, 0.05) is 5.69 Å². The molecule has 25 heavy (non-hydrogen) atoms. The van der Waals surface area contributed by atoms with E-state index in [9.17, 15) is 13.2 Å². The average Bonchev–Trinajstić information content (AvgIpc) is 2.60. The Balaban J connectivity index is 1.80. The van der Waals surface area contributed by atoms with Gasteiger partial charge in [0.15, 0.2) is 0 Å². The van der Waals surface area contributed by atoms with E-state index in [1.54, 1.807) is 0 Å². The Labute approximate surface area is 149 Å². The van der Waals surface area contributed by atoms with E-state index >= 15 is 0 Å². The summed E-state index contributed by atoms with van der Waals surface area (Å²) in [6.07, 6.45) is 0.411. The van der Waals surface area contributed by atoms with E-state index in [1.807, 2.05) is 54.6 Å². The smallest absolute Gasteiger partial charge is 0.239 e. The van der Waals surface area contributed by atoms with Gasteiger partial charge in [0.2, 0.25) is 15.9 Å². The lowest BCUT2D eigenvalue weighted by Gasteiger charge is -2.09. The van der Waals surface area contributed by atoms with Gasteiger partial charge in [-0.25, -0.2) is 13.1 Å². The van der Waals surface area contributed by atoms with Crippen molar-refractivity contribution in [3.8, 4) is 0 Å². The molecule has 0 saturated carbocycles. The molecular formula is C19H24N2O3S. The lowest BCUT2D eigenvalue weighted by atomic mass is 10.0. The van der Waals surface area contributed by atoms with Crippen molar-refractivity contribution in [2.75, 3.05) is 17.6 Å². The van der Waals surface area contributed by atoms with Crippen LogP contribution in [0.3, 0.4) is 0 Å². The molecule has 0 aliphatic carbocycles. The fourth-order valence-corrected chi connectivity index (χ4v) is 3.30. The van der Waals surface area contributed by atoms with Crippen LogP contribution in [-0.2, 0) is 21.2 Å². The van der Waals surface area contributed by atoms with Crippen molar-refractivity contribution >= 4 is 21.6 Å². The summed E-state index contributed by atoms with van der Waals surface area (Å²) in [6, 6.07) is 16.9. The van der Waals surface area contributed by atoms with Gasteiger partial charge in [-0.2, -0.15) is 0 Å². The van der Waals surface area contributed by atoms with Crippen molar-refractivity contribution < 1.29 is 13.2 Å². The molecule has 0 saturated heterocycles. The van der Waals surface area contributed by atoms with E-state index in [0.717, 1.165) is 5.56 Å². The van der Waals surface area contributed by atoms with Crippen LogP contribution >= 0.6 is 0 Å². The van der Waals surface area contributed by atoms with Gasteiger partial charge in [-0.1, -0.05) is 56.3 Å². The summed E-state index contributed by atoms with van der Waals surface area (Å²) in [4.78, 5) is 11.9. The Morgan fingerprint density at radius 3 is 2.24 bits per heavy atom. The first-order valence-corrected chi connectivity index (χ1v) is 9.92. The second kappa shape index (κ2) is 8.78. The van der Waals surface area contributed by atoms with Crippen LogP contribution in [0.1, 0.15) is 30.9 Å². The molecule has 0 aliphatic rings. The highest BCUT2D eigenvalue weighted by molar-refractivity contribution is 7.89. The minimum absolute atomic E-state index is 0.0482. The van der Waals surface area contributed by atoms with E-state index in [-0.39, 0.29) is 18.2 Å². The van der Waals surface area contributed by atoms with Crippen LogP contribution in [0.4, 0.5) is 5.69 Å². The summed E-state index contributed by atoms with van der Waals surface area (Å²) >= 11 is 0. The van der Waals surface area contributed by atoms with Gasteiger partial charge in [-0.15, -0.1) is 0 Å². The maximum atomic E-state index is 12.0. The summed E-state index contributed by atoms with van der Waals surface area (Å²) in [5.41, 5.74) is 2.78. The SMILES string of the molecule is CC(C)c1ccc(NC(=O)CNS(=O)(=O)CCc2ccccc2)cc1. The van der Waals surface area contributed by atoms with Crippen LogP contribution in [0.15, 0.2) is 54.6 Å². The van der Waals surface area contributed by atoms with Crippen molar-refractivity contribution in [3.63, 3.8) is 0 Å². The molecule has 5 nitrogen and oxygen atoms in total. The topological polar surface area (TPSA) is 75.3 Å². The van der Waals surface area contributed by atoms with Crippen LogP contribution < -0.4 is 10.0 Å².